The molecule has 0 spiro atoms. The number of hydrogen-bond donors (Lipinski definition) is 1. The van der Waals surface area contributed by atoms with Crippen LogP contribution in [0.5, 0.6) is 0 Å². The molecule has 0 bridgehead atoms. The van der Waals surface area contributed by atoms with Crippen LogP contribution >= 0.6 is 0 Å². The number of anilines is 2. The second-order valence-electron chi connectivity index (χ2n) is 10.1. The Bertz CT molecular complexity index is 1280. The third-order valence-corrected chi connectivity index (χ3v) is 7.20. The Hall–Kier alpha value is -3.42. The molecule has 8 heteroatoms. The van der Waals surface area contributed by atoms with Crippen LogP contribution in [-0.4, -0.2) is 32.5 Å². The van der Waals surface area contributed by atoms with Gasteiger partial charge in [-0.1, -0.05) is 50.8 Å². The van der Waals surface area contributed by atoms with E-state index in [1.807, 2.05) is 24.5 Å². The van der Waals surface area contributed by atoms with E-state index >= 15 is 0 Å². The summed E-state index contributed by atoms with van der Waals surface area (Å²) in [4.78, 5) is 23.5. The van der Waals surface area contributed by atoms with Crippen molar-refractivity contribution in [3.8, 4) is 0 Å². The Morgan fingerprint density at radius 1 is 1.17 bits per heavy atom. The molecule has 190 valence electrons. The number of aromatic nitrogens is 4. The van der Waals surface area contributed by atoms with Gasteiger partial charge >= 0.3 is 0 Å². The molecule has 1 fully saturated rings. The monoisotopic (exact) mass is 487 g/mol. The number of aryl methyl sites for hydroxylation is 2. The molecule has 36 heavy (non-hydrogen) atoms. The SMILES string of the molecule is CCCc1nn(C)c2c(=O)[nH]c(N(Cc3cccc(N4C=CCCC=N4)c3)CC3CCCCC3)nc12. The van der Waals surface area contributed by atoms with Crippen LogP contribution < -0.4 is 15.5 Å². The van der Waals surface area contributed by atoms with E-state index in [1.54, 1.807) is 4.68 Å². The van der Waals surface area contributed by atoms with Crippen LogP contribution in [-0.2, 0) is 20.0 Å². The van der Waals surface area contributed by atoms with Gasteiger partial charge in [0, 0.05) is 32.6 Å². The normalized spacial score (nSPS) is 16.6. The molecular formula is C28H37N7O. The zero-order valence-corrected chi connectivity index (χ0v) is 21.5. The summed E-state index contributed by atoms with van der Waals surface area (Å²) in [6.45, 7) is 3.67. The fourth-order valence-electron chi connectivity index (χ4n) is 5.40. The zero-order chi connectivity index (χ0) is 24.9. The third kappa shape index (κ3) is 5.37. The number of H-pyrrole nitrogens is 1. The fraction of sp³-hybridized carbons (Fsp3) is 0.500. The van der Waals surface area contributed by atoms with Gasteiger partial charge in [0.15, 0.2) is 5.52 Å². The first-order valence-corrected chi connectivity index (χ1v) is 13.4. The second-order valence-corrected chi connectivity index (χ2v) is 10.1. The molecule has 8 nitrogen and oxygen atoms in total. The molecule has 0 unspecified atom stereocenters. The summed E-state index contributed by atoms with van der Waals surface area (Å²) < 4.78 is 1.67. The summed E-state index contributed by atoms with van der Waals surface area (Å²) in [6, 6.07) is 8.49. The summed E-state index contributed by atoms with van der Waals surface area (Å²) >= 11 is 0. The lowest BCUT2D eigenvalue weighted by molar-refractivity contribution is 0.356. The minimum atomic E-state index is -0.126. The average molecular weight is 488 g/mol. The van der Waals surface area contributed by atoms with E-state index in [0.717, 1.165) is 49.1 Å². The van der Waals surface area contributed by atoms with Gasteiger partial charge in [0.1, 0.15) is 5.52 Å². The number of rotatable bonds is 8. The van der Waals surface area contributed by atoms with Crippen molar-refractivity contribution < 1.29 is 0 Å². The van der Waals surface area contributed by atoms with E-state index < -0.39 is 0 Å². The molecule has 3 heterocycles. The van der Waals surface area contributed by atoms with Gasteiger partial charge in [-0.3, -0.25) is 14.5 Å². The first-order valence-electron chi connectivity index (χ1n) is 13.4. The predicted octanol–water partition coefficient (Wildman–Crippen LogP) is 5.30. The van der Waals surface area contributed by atoms with Gasteiger partial charge in [-0.05, 0) is 55.7 Å². The Balaban J connectivity index is 1.50. The molecule has 1 aromatic carbocycles. The maximum absolute atomic E-state index is 13.2. The fourth-order valence-corrected chi connectivity index (χ4v) is 5.40. The highest BCUT2D eigenvalue weighted by molar-refractivity contribution is 5.78. The van der Waals surface area contributed by atoms with Gasteiger partial charge < -0.3 is 4.90 Å². The average Bonchev–Trinajstić information content (AvgIpc) is 3.04. The van der Waals surface area contributed by atoms with Crippen molar-refractivity contribution in [1.29, 1.82) is 0 Å². The van der Waals surface area contributed by atoms with Crippen LogP contribution in [0.3, 0.4) is 0 Å². The maximum atomic E-state index is 13.2. The third-order valence-electron chi connectivity index (χ3n) is 7.20. The van der Waals surface area contributed by atoms with Gasteiger partial charge in [0.05, 0.1) is 11.4 Å². The first-order chi connectivity index (χ1) is 17.6. The molecule has 1 N–H and O–H groups in total. The summed E-state index contributed by atoms with van der Waals surface area (Å²) in [5.74, 6) is 1.24. The van der Waals surface area contributed by atoms with Crippen molar-refractivity contribution in [1.82, 2.24) is 19.7 Å². The van der Waals surface area contributed by atoms with Crippen molar-refractivity contribution in [3.05, 3.63) is 58.2 Å². The Labute approximate surface area is 212 Å². The smallest absolute Gasteiger partial charge is 0.278 e. The highest BCUT2D eigenvalue weighted by Gasteiger charge is 2.22. The number of allylic oxidation sites excluding steroid dienone is 1. The molecule has 2 aromatic heterocycles. The molecule has 0 saturated heterocycles. The topological polar surface area (TPSA) is 82.4 Å². The quantitative estimate of drug-likeness (QED) is 0.466. The summed E-state index contributed by atoms with van der Waals surface area (Å²) in [5.41, 5.74) is 4.25. The molecule has 1 aliphatic heterocycles. The summed E-state index contributed by atoms with van der Waals surface area (Å²) in [7, 11) is 1.82. The predicted molar refractivity (Wildman–Crippen MR) is 147 cm³/mol. The standard InChI is InChI=1S/C28H37N7O/c1-3-11-24-25-26(33(2)32-24)27(36)31-28(30-25)34(19-21-12-6-4-7-13-21)20-22-14-10-15-23(18-22)35-17-9-5-8-16-29-35/h9-10,14-18,21H,3-8,11-13,19-20H2,1-2H3,(H,30,31,36). The lowest BCUT2D eigenvalue weighted by Crippen LogP contribution is -2.33. The van der Waals surface area contributed by atoms with Crippen LogP contribution in [0.4, 0.5) is 11.6 Å². The number of benzene rings is 1. The van der Waals surface area contributed by atoms with Crippen molar-refractivity contribution >= 4 is 28.9 Å². The lowest BCUT2D eigenvalue weighted by atomic mass is 9.89. The Kier molecular flexibility index (Phi) is 7.49. The van der Waals surface area contributed by atoms with Crippen LogP contribution in [0.25, 0.3) is 11.0 Å². The van der Waals surface area contributed by atoms with E-state index in [1.165, 1.54) is 37.7 Å². The molecule has 0 atom stereocenters. The van der Waals surface area contributed by atoms with E-state index in [4.69, 9.17) is 4.98 Å². The van der Waals surface area contributed by atoms with Crippen molar-refractivity contribution in [2.75, 3.05) is 16.5 Å². The van der Waals surface area contributed by atoms with Crippen LogP contribution in [0.1, 0.15) is 69.5 Å². The van der Waals surface area contributed by atoms with Crippen molar-refractivity contribution in [2.24, 2.45) is 18.1 Å². The second kappa shape index (κ2) is 11.1. The van der Waals surface area contributed by atoms with Gasteiger partial charge in [-0.15, -0.1) is 0 Å². The summed E-state index contributed by atoms with van der Waals surface area (Å²) in [6.07, 6.45) is 16.2. The van der Waals surface area contributed by atoms with Crippen LogP contribution in [0.15, 0.2) is 46.4 Å². The van der Waals surface area contributed by atoms with Gasteiger partial charge in [0.2, 0.25) is 5.95 Å². The van der Waals surface area contributed by atoms with Gasteiger partial charge in [-0.2, -0.15) is 10.2 Å². The highest BCUT2D eigenvalue weighted by Crippen LogP contribution is 2.28. The van der Waals surface area contributed by atoms with E-state index in [-0.39, 0.29) is 5.56 Å². The molecule has 3 aromatic rings. The molecule has 1 saturated carbocycles. The number of fused-ring (bicyclic) bond motifs is 1. The maximum Gasteiger partial charge on any atom is 0.278 e. The van der Waals surface area contributed by atoms with Crippen molar-refractivity contribution in [2.45, 2.75) is 71.3 Å². The number of hydrogen-bond acceptors (Lipinski definition) is 6. The van der Waals surface area contributed by atoms with E-state index in [9.17, 15) is 4.79 Å². The van der Waals surface area contributed by atoms with E-state index in [0.29, 0.717) is 23.9 Å². The van der Waals surface area contributed by atoms with Crippen LogP contribution in [0.2, 0.25) is 0 Å². The van der Waals surface area contributed by atoms with Gasteiger partial charge in [0.25, 0.3) is 5.56 Å². The van der Waals surface area contributed by atoms with E-state index in [2.05, 4.69) is 57.3 Å². The Morgan fingerprint density at radius 2 is 2.03 bits per heavy atom. The molecular weight excluding hydrogens is 450 g/mol. The number of nitrogens with zero attached hydrogens (tertiary/aromatic N) is 6. The summed E-state index contributed by atoms with van der Waals surface area (Å²) in [5, 5.41) is 11.1. The number of nitrogens with one attached hydrogen (secondary N) is 1. The molecule has 2 aliphatic rings. The molecule has 5 rings (SSSR count). The number of aromatic amines is 1. The minimum absolute atomic E-state index is 0.126. The molecule has 0 amide bonds. The molecule has 0 radical (unpaired) electrons. The zero-order valence-electron chi connectivity index (χ0n) is 21.5. The minimum Gasteiger partial charge on any atom is -0.338 e. The number of hydrazone groups is 1. The van der Waals surface area contributed by atoms with Crippen LogP contribution in [0, 0.1) is 5.92 Å². The van der Waals surface area contributed by atoms with Gasteiger partial charge in [-0.25, -0.2) is 9.99 Å². The largest absolute Gasteiger partial charge is 0.338 e. The highest BCUT2D eigenvalue weighted by atomic mass is 16.1. The first kappa shape index (κ1) is 24.3. The Morgan fingerprint density at radius 3 is 2.86 bits per heavy atom. The van der Waals surface area contributed by atoms with Crippen molar-refractivity contribution in [3.63, 3.8) is 0 Å². The molecule has 1 aliphatic carbocycles. The lowest BCUT2D eigenvalue weighted by Gasteiger charge is -2.30.